The number of carbonyl (C=O) groups excluding carboxylic acids is 1. The second-order valence-corrected chi connectivity index (χ2v) is 9.36. The van der Waals surface area contributed by atoms with E-state index in [-0.39, 0.29) is 10.6 Å². The van der Waals surface area contributed by atoms with Crippen LogP contribution in [0.3, 0.4) is 0 Å². The van der Waals surface area contributed by atoms with E-state index in [4.69, 9.17) is 4.74 Å². The van der Waals surface area contributed by atoms with Crippen molar-refractivity contribution in [2.75, 3.05) is 22.8 Å². The number of halogens is 1. The summed E-state index contributed by atoms with van der Waals surface area (Å²) in [6.07, 6.45) is 0. The first-order valence-corrected chi connectivity index (χ1v) is 12.1. The predicted molar refractivity (Wildman–Crippen MR) is 131 cm³/mol. The number of rotatable bonds is 8. The van der Waals surface area contributed by atoms with Gasteiger partial charge in [-0.05, 0) is 78.4 Å². The van der Waals surface area contributed by atoms with Crippen LogP contribution in [0, 0.1) is 5.82 Å². The summed E-state index contributed by atoms with van der Waals surface area (Å²) in [4.78, 5) is 12.8. The van der Waals surface area contributed by atoms with Gasteiger partial charge in [-0.25, -0.2) is 12.8 Å². The molecule has 0 saturated carbocycles. The van der Waals surface area contributed by atoms with E-state index in [9.17, 15) is 17.6 Å². The van der Waals surface area contributed by atoms with Crippen LogP contribution < -0.4 is 14.4 Å². The maximum Gasteiger partial charge on any atom is 0.264 e. The Morgan fingerprint density at radius 1 is 0.912 bits per heavy atom. The number of carbonyl (C=O) groups is 1. The van der Waals surface area contributed by atoms with Crippen LogP contribution in [0.5, 0.6) is 5.75 Å². The molecule has 8 heteroatoms. The summed E-state index contributed by atoms with van der Waals surface area (Å²) in [5.74, 6) is -0.499. The van der Waals surface area contributed by atoms with E-state index in [1.807, 2.05) is 43.3 Å². The average molecular weight is 479 g/mol. The molecule has 174 valence electrons. The zero-order valence-corrected chi connectivity index (χ0v) is 19.3. The van der Waals surface area contributed by atoms with Crippen LogP contribution in [0.4, 0.5) is 15.8 Å². The third-order valence-electron chi connectivity index (χ3n) is 5.16. The Bertz CT molecular complexity index is 1410. The molecule has 0 atom stereocenters. The van der Waals surface area contributed by atoms with Crippen LogP contribution in [0.25, 0.3) is 10.8 Å². The van der Waals surface area contributed by atoms with Crippen molar-refractivity contribution >= 4 is 38.1 Å². The summed E-state index contributed by atoms with van der Waals surface area (Å²) in [7, 11) is -4.15. The molecule has 6 nitrogen and oxygen atoms in total. The SMILES string of the molecule is CCOc1ccc(N(CC(=O)Nc2ccc3ccccc3c2)S(=O)(=O)c2ccc(F)cc2)cc1. The van der Waals surface area contributed by atoms with Gasteiger partial charge in [0.25, 0.3) is 10.0 Å². The van der Waals surface area contributed by atoms with Gasteiger partial charge in [-0.15, -0.1) is 0 Å². The number of sulfonamides is 1. The van der Waals surface area contributed by atoms with Crippen molar-refractivity contribution in [3.05, 3.63) is 96.8 Å². The lowest BCUT2D eigenvalue weighted by Gasteiger charge is -2.24. The Morgan fingerprint density at radius 2 is 1.59 bits per heavy atom. The third kappa shape index (κ3) is 5.18. The van der Waals surface area contributed by atoms with Crippen LogP contribution in [-0.4, -0.2) is 27.5 Å². The van der Waals surface area contributed by atoms with Crippen LogP contribution >= 0.6 is 0 Å². The Hall–Kier alpha value is -3.91. The van der Waals surface area contributed by atoms with Gasteiger partial charge >= 0.3 is 0 Å². The molecule has 0 spiro atoms. The molecule has 0 saturated heterocycles. The Labute approximate surface area is 197 Å². The molecule has 1 amide bonds. The summed E-state index contributed by atoms with van der Waals surface area (Å²) >= 11 is 0. The molecule has 0 aromatic heterocycles. The van der Waals surface area contributed by atoms with Gasteiger partial charge in [-0.1, -0.05) is 30.3 Å². The highest BCUT2D eigenvalue weighted by atomic mass is 32.2. The second-order valence-electron chi connectivity index (χ2n) is 7.50. The Kier molecular flexibility index (Phi) is 6.79. The van der Waals surface area contributed by atoms with E-state index in [2.05, 4.69) is 5.32 Å². The summed E-state index contributed by atoms with van der Waals surface area (Å²) in [5.41, 5.74) is 0.830. The highest BCUT2D eigenvalue weighted by molar-refractivity contribution is 7.92. The number of ether oxygens (including phenoxy) is 1. The van der Waals surface area contributed by atoms with Gasteiger partial charge in [0.2, 0.25) is 5.91 Å². The molecule has 0 bridgehead atoms. The Balaban J connectivity index is 1.63. The average Bonchev–Trinajstić information content (AvgIpc) is 2.83. The van der Waals surface area contributed by atoms with Crippen LogP contribution in [0.2, 0.25) is 0 Å². The lowest BCUT2D eigenvalue weighted by atomic mass is 10.1. The number of fused-ring (bicyclic) bond motifs is 1. The molecule has 0 heterocycles. The lowest BCUT2D eigenvalue weighted by Crippen LogP contribution is -2.38. The van der Waals surface area contributed by atoms with E-state index < -0.39 is 28.3 Å². The molecule has 0 aliphatic rings. The zero-order valence-electron chi connectivity index (χ0n) is 18.4. The maximum absolute atomic E-state index is 13.4. The largest absolute Gasteiger partial charge is 0.494 e. The molecule has 1 N–H and O–H groups in total. The van der Waals surface area contributed by atoms with Crippen molar-refractivity contribution in [3.8, 4) is 5.75 Å². The number of nitrogens with one attached hydrogen (secondary N) is 1. The molecule has 4 rings (SSSR count). The summed E-state index contributed by atoms with van der Waals surface area (Å²) in [6.45, 7) is 1.84. The zero-order chi connectivity index (χ0) is 24.1. The first kappa shape index (κ1) is 23.3. The van der Waals surface area contributed by atoms with Gasteiger partial charge in [-0.2, -0.15) is 0 Å². The van der Waals surface area contributed by atoms with Crippen molar-refractivity contribution in [2.24, 2.45) is 0 Å². The number of hydrogen-bond donors (Lipinski definition) is 1. The van der Waals surface area contributed by atoms with Gasteiger partial charge in [0, 0.05) is 5.69 Å². The molecule has 0 unspecified atom stereocenters. The van der Waals surface area contributed by atoms with E-state index in [0.29, 0.717) is 18.0 Å². The molecule has 0 aliphatic heterocycles. The highest BCUT2D eigenvalue weighted by Gasteiger charge is 2.27. The number of hydrogen-bond acceptors (Lipinski definition) is 4. The fourth-order valence-electron chi connectivity index (χ4n) is 3.52. The number of nitrogens with zero attached hydrogens (tertiary/aromatic N) is 1. The van der Waals surface area contributed by atoms with Crippen molar-refractivity contribution in [3.63, 3.8) is 0 Å². The summed E-state index contributed by atoms with van der Waals surface area (Å²) in [6, 6.07) is 24.1. The fraction of sp³-hybridized carbons (Fsp3) is 0.115. The van der Waals surface area contributed by atoms with E-state index in [1.165, 1.54) is 12.1 Å². The standard InChI is InChI=1S/C26H23FN2O4S/c1-2-33-24-13-11-23(12-14-24)29(34(31,32)25-15-8-21(27)9-16-25)18-26(30)28-22-10-7-19-5-3-4-6-20(19)17-22/h3-17H,2,18H2,1H3,(H,28,30). The summed E-state index contributed by atoms with van der Waals surface area (Å²) in [5, 5.41) is 4.74. The quantitative estimate of drug-likeness (QED) is 0.377. The topological polar surface area (TPSA) is 75.7 Å². The van der Waals surface area contributed by atoms with E-state index in [0.717, 1.165) is 27.2 Å². The molecule has 0 fully saturated rings. The minimum absolute atomic E-state index is 0.124. The van der Waals surface area contributed by atoms with Gasteiger partial charge in [0.1, 0.15) is 18.1 Å². The number of amides is 1. The first-order chi connectivity index (χ1) is 16.4. The van der Waals surface area contributed by atoms with Gasteiger partial charge in [0.05, 0.1) is 17.2 Å². The Morgan fingerprint density at radius 3 is 2.26 bits per heavy atom. The predicted octanol–water partition coefficient (Wildman–Crippen LogP) is 5.21. The molecular formula is C26H23FN2O4S. The van der Waals surface area contributed by atoms with Crippen LogP contribution in [0.15, 0.2) is 95.9 Å². The normalized spacial score (nSPS) is 11.2. The van der Waals surface area contributed by atoms with E-state index >= 15 is 0 Å². The van der Waals surface area contributed by atoms with Crippen molar-refractivity contribution in [2.45, 2.75) is 11.8 Å². The second kappa shape index (κ2) is 9.93. The van der Waals surface area contributed by atoms with Crippen molar-refractivity contribution in [1.82, 2.24) is 0 Å². The minimum atomic E-state index is -4.15. The third-order valence-corrected chi connectivity index (χ3v) is 6.95. The smallest absolute Gasteiger partial charge is 0.264 e. The van der Waals surface area contributed by atoms with Crippen molar-refractivity contribution < 1.29 is 22.3 Å². The lowest BCUT2D eigenvalue weighted by molar-refractivity contribution is -0.114. The molecule has 4 aromatic carbocycles. The molecule has 34 heavy (non-hydrogen) atoms. The maximum atomic E-state index is 13.4. The van der Waals surface area contributed by atoms with Gasteiger partial charge in [0.15, 0.2) is 0 Å². The first-order valence-electron chi connectivity index (χ1n) is 10.7. The number of benzene rings is 4. The van der Waals surface area contributed by atoms with Crippen LogP contribution in [-0.2, 0) is 14.8 Å². The highest BCUT2D eigenvalue weighted by Crippen LogP contribution is 2.26. The van der Waals surface area contributed by atoms with Gasteiger partial charge in [-0.3, -0.25) is 9.10 Å². The van der Waals surface area contributed by atoms with E-state index in [1.54, 1.807) is 30.3 Å². The fourth-order valence-corrected chi connectivity index (χ4v) is 4.94. The molecule has 0 radical (unpaired) electrons. The van der Waals surface area contributed by atoms with Crippen LogP contribution in [0.1, 0.15) is 6.92 Å². The summed E-state index contributed by atoms with van der Waals surface area (Å²) < 4.78 is 46.6. The molecule has 4 aromatic rings. The minimum Gasteiger partial charge on any atom is -0.494 e. The molecular weight excluding hydrogens is 455 g/mol. The molecule has 0 aliphatic carbocycles. The number of anilines is 2. The monoisotopic (exact) mass is 478 g/mol. The van der Waals surface area contributed by atoms with Gasteiger partial charge < -0.3 is 10.1 Å². The van der Waals surface area contributed by atoms with Crippen molar-refractivity contribution in [1.29, 1.82) is 0 Å².